The molecule has 1 amide bonds. The summed E-state index contributed by atoms with van der Waals surface area (Å²) >= 11 is 13.8. The van der Waals surface area contributed by atoms with Crippen LogP contribution in [0.1, 0.15) is 11.1 Å². The molecule has 8 heteroatoms. The molecule has 0 atom stereocenters. The Morgan fingerprint density at radius 1 is 0.969 bits per heavy atom. The second kappa shape index (κ2) is 10.2. The van der Waals surface area contributed by atoms with E-state index in [4.69, 9.17) is 27.6 Å². The normalized spacial score (nSPS) is 10.8. The Bertz CT molecular complexity index is 1240. The number of hydrogen-bond donors (Lipinski definition) is 1. The Kier molecular flexibility index (Phi) is 7.15. The smallest absolute Gasteiger partial charge is 0.248 e. The van der Waals surface area contributed by atoms with Crippen molar-refractivity contribution in [1.82, 2.24) is 10.2 Å². The first kappa shape index (κ1) is 22.4. The van der Waals surface area contributed by atoms with Crippen molar-refractivity contribution in [3.05, 3.63) is 87.9 Å². The van der Waals surface area contributed by atoms with Gasteiger partial charge in [0.05, 0.1) is 5.75 Å². The Morgan fingerprint density at radius 3 is 2.47 bits per heavy atom. The van der Waals surface area contributed by atoms with Gasteiger partial charge in [-0.3, -0.25) is 4.79 Å². The van der Waals surface area contributed by atoms with Gasteiger partial charge in [-0.2, -0.15) is 0 Å². The number of anilines is 1. The van der Waals surface area contributed by atoms with Crippen LogP contribution in [-0.2, 0) is 10.5 Å². The zero-order valence-corrected chi connectivity index (χ0v) is 19.5. The number of nitrogens with one attached hydrogen (secondary N) is 1. The number of carbonyl (C=O) groups excluding carboxylic acids is 1. The van der Waals surface area contributed by atoms with E-state index in [0.29, 0.717) is 33.3 Å². The highest BCUT2D eigenvalue weighted by Crippen LogP contribution is 2.29. The fraction of sp³-hybridized carbons (Fsp3) is 0.125. The number of aromatic nitrogens is 2. The van der Waals surface area contributed by atoms with Crippen molar-refractivity contribution in [3.8, 4) is 22.9 Å². The zero-order chi connectivity index (χ0) is 22.5. The van der Waals surface area contributed by atoms with E-state index in [2.05, 4.69) is 15.5 Å². The van der Waals surface area contributed by atoms with Gasteiger partial charge in [0, 0.05) is 32.6 Å². The van der Waals surface area contributed by atoms with Gasteiger partial charge in [0.15, 0.2) is 0 Å². The maximum absolute atomic E-state index is 12.4. The van der Waals surface area contributed by atoms with Crippen LogP contribution in [0.2, 0.25) is 10.0 Å². The molecule has 5 nitrogen and oxygen atoms in total. The molecule has 1 aromatic heterocycles. The third-order valence-electron chi connectivity index (χ3n) is 4.73. The van der Waals surface area contributed by atoms with Crippen LogP contribution in [0, 0.1) is 6.92 Å². The lowest BCUT2D eigenvalue weighted by atomic mass is 10.1. The molecule has 0 spiro atoms. The highest BCUT2D eigenvalue weighted by Gasteiger charge is 2.13. The Balaban J connectivity index is 1.39. The van der Waals surface area contributed by atoms with E-state index in [1.165, 1.54) is 11.8 Å². The van der Waals surface area contributed by atoms with Gasteiger partial charge in [0.1, 0.15) is 0 Å². The lowest BCUT2D eigenvalue weighted by Crippen LogP contribution is -2.14. The number of aryl methyl sites for hydroxylation is 1. The first-order chi connectivity index (χ1) is 15.5. The molecule has 0 aliphatic rings. The Hall–Kier alpha value is -2.80. The highest BCUT2D eigenvalue weighted by molar-refractivity contribution is 7.99. The van der Waals surface area contributed by atoms with Crippen LogP contribution in [0.4, 0.5) is 5.69 Å². The zero-order valence-electron chi connectivity index (χ0n) is 17.1. The summed E-state index contributed by atoms with van der Waals surface area (Å²) in [6.07, 6.45) is 0. The molecule has 0 aliphatic heterocycles. The van der Waals surface area contributed by atoms with Gasteiger partial charge in [0.2, 0.25) is 17.7 Å². The quantitative estimate of drug-likeness (QED) is 0.309. The van der Waals surface area contributed by atoms with Crippen molar-refractivity contribution in [3.63, 3.8) is 0 Å². The van der Waals surface area contributed by atoms with Gasteiger partial charge >= 0.3 is 0 Å². The molecular weight excluding hydrogens is 465 g/mol. The van der Waals surface area contributed by atoms with Crippen molar-refractivity contribution in [2.24, 2.45) is 0 Å². The average molecular weight is 484 g/mol. The number of amides is 1. The summed E-state index contributed by atoms with van der Waals surface area (Å²) in [5.74, 6) is 1.55. The topological polar surface area (TPSA) is 68.0 Å². The van der Waals surface area contributed by atoms with E-state index in [0.717, 1.165) is 22.3 Å². The lowest BCUT2D eigenvalue weighted by Gasteiger charge is -2.08. The molecule has 32 heavy (non-hydrogen) atoms. The third-order valence-corrected chi connectivity index (χ3v) is 6.40. The lowest BCUT2D eigenvalue weighted by molar-refractivity contribution is -0.113. The molecule has 0 unspecified atom stereocenters. The number of halogens is 2. The second-order valence-electron chi connectivity index (χ2n) is 7.05. The molecular formula is C24H19Cl2N3O2S. The predicted octanol–water partition coefficient (Wildman–Crippen LogP) is 6.89. The van der Waals surface area contributed by atoms with Gasteiger partial charge in [-0.25, -0.2) is 0 Å². The minimum Gasteiger partial charge on any atom is -0.416 e. The van der Waals surface area contributed by atoms with Crippen LogP contribution < -0.4 is 5.32 Å². The molecule has 0 bridgehead atoms. The van der Waals surface area contributed by atoms with Crippen LogP contribution in [-0.4, -0.2) is 21.9 Å². The van der Waals surface area contributed by atoms with Gasteiger partial charge in [-0.15, -0.1) is 22.0 Å². The highest BCUT2D eigenvalue weighted by atomic mass is 35.5. The molecule has 0 fully saturated rings. The first-order valence-electron chi connectivity index (χ1n) is 9.81. The molecule has 0 aliphatic carbocycles. The van der Waals surface area contributed by atoms with E-state index in [1.807, 2.05) is 55.5 Å². The van der Waals surface area contributed by atoms with E-state index < -0.39 is 0 Å². The molecule has 1 heterocycles. The van der Waals surface area contributed by atoms with Crippen molar-refractivity contribution < 1.29 is 9.21 Å². The summed E-state index contributed by atoms with van der Waals surface area (Å²) in [4.78, 5) is 12.4. The summed E-state index contributed by atoms with van der Waals surface area (Å²) in [6.45, 7) is 1.99. The third kappa shape index (κ3) is 5.33. The molecule has 0 saturated heterocycles. The molecule has 1 N–H and O–H groups in total. The number of rotatable bonds is 7. The van der Waals surface area contributed by atoms with E-state index in [9.17, 15) is 4.79 Å². The number of hydrogen-bond acceptors (Lipinski definition) is 5. The fourth-order valence-electron chi connectivity index (χ4n) is 3.10. The van der Waals surface area contributed by atoms with Crippen molar-refractivity contribution >= 4 is 46.6 Å². The molecule has 4 rings (SSSR count). The summed E-state index contributed by atoms with van der Waals surface area (Å²) in [7, 11) is 0. The van der Waals surface area contributed by atoms with Gasteiger partial charge in [-0.05, 0) is 54.4 Å². The standard InChI is InChI=1S/C24H19Cl2N3O2S/c1-15-6-2-3-9-18(15)24-29-28-23(31-24)16-7-4-8-17(12-16)27-22(30)14-32-13-19-20(25)10-5-11-21(19)26/h2-12H,13-14H2,1H3,(H,27,30). The summed E-state index contributed by atoms with van der Waals surface area (Å²) in [5, 5.41) is 12.4. The second-order valence-corrected chi connectivity index (χ2v) is 8.85. The maximum atomic E-state index is 12.4. The monoisotopic (exact) mass is 483 g/mol. The maximum Gasteiger partial charge on any atom is 0.248 e. The van der Waals surface area contributed by atoms with E-state index in [-0.39, 0.29) is 11.7 Å². The van der Waals surface area contributed by atoms with Gasteiger partial charge in [-0.1, -0.05) is 53.5 Å². The molecule has 4 aromatic rings. The van der Waals surface area contributed by atoms with Gasteiger partial charge in [0.25, 0.3) is 0 Å². The number of carbonyl (C=O) groups is 1. The molecule has 162 valence electrons. The van der Waals surface area contributed by atoms with Crippen molar-refractivity contribution in [2.45, 2.75) is 12.7 Å². The predicted molar refractivity (Wildman–Crippen MR) is 131 cm³/mol. The van der Waals surface area contributed by atoms with Crippen LogP contribution in [0.15, 0.2) is 71.1 Å². The largest absolute Gasteiger partial charge is 0.416 e. The Labute approximate surface area is 200 Å². The van der Waals surface area contributed by atoms with Gasteiger partial charge < -0.3 is 9.73 Å². The average Bonchev–Trinajstić information content (AvgIpc) is 3.26. The van der Waals surface area contributed by atoms with Crippen LogP contribution >= 0.6 is 35.0 Å². The number of nitrogens with zero attached hydrogens (tertiary/aromatic N) is 2. The Morgan fingerprint density at radius 2 is 1.69 bits per heavy atom. The molecule has 0 radical (unpaired) electrons. The number of thioether (sulfide) groups is 1. The minimum absolute atomic E-state index is 0.124. The molecule has 3 aromatic carbocycles. The van der Waals surface area contributed by atoms with Crippen LogP contribution in [0.5, 0.6) is 0 Å². The summed E-state index contributed by atoms with van der Waals surface area (Å²) in [6, 6.07) is 20.5. The van der Waals surface area contributed by atoms with Crippen molar-refractivity contribution in [1.29, 1.82) is 0 Å². The van der Waals surface area contributed by atoms with Crippen LogP contribution in [0.25, 0.3) is 22.9 Å². The van der Waals surface area contributed by atoms with Crippen LogP contribution in [0.3, 0.4) is 0 Å². The fourth-order valence-corrected chi connectivity index (χ4v) is 4.67. The number of benzene rings is 3. The summed E-state index contributed by atoms with van der Waals surface area (Å²) < 4.78 is 5.87. The van der Waals surface area contributed by atoms with E-state index >= 15 is 0 Å². The minimum atomic E-state index is -0.124. The summed E-state index contributed by atoms with van der Waals surface area (Å²) in [5.41, 5.74) is 4.16. The van der Waals surface area contributed by atoms with Crippen molar-refractivity contribution in [2.75, 3.05) is 11.1 Å². The van der Waals surface area contributed by atoms with E-state index in [1.54, 1.807) is 18.2 Å². The molecule has 0 saturated carbocycles. The SMILES string of the molecule is Cc1ccccc1-c1nnc(-c2cccc(NC(=O)CSCc3c(Cl)cccc3Cl)c2)o1. The first-order valence-corrected chi connectivity index (χ1v) is 11.7.